The summed E-state index contributed by atoms with van der Waals surface area (Å²) in [6.07, 6.45) is 3.72. The fourth-order valence-electron chi connectivity index (χ4n) is 3.53. The molecular weight excluding hydrogens is 352 g/mol. The monoisotopic (exact) mass is 374 g/mol. The fourth-order valence-corrected chi connectivity index (χ4v) is 3.53. The van der Waals surface area contributed by atoms with Gasteiger partial charge in [0.25, 0.3) is 11.8 Å². The Morgan fingerprint density at radius 2 is 1.89 bits per heavy atom. The Bertz CT molecular complexity index is 1010. The number of nitrogens with zero attached hydrogens (tertiary/aromatic N) is 1. The van der Waals surface area contributed by atoms with Gasteiger partial charge in [0.15, 0.2) is 5.69 Å². The van der Waals surface area contributed by atoms with Gasteiger partial charge in [0.05, 0.1) is 5.69 Å². The molecule has 2 aromatic carbocycles. The second kappa shape index (κ2) is 8.19. The Morgan fingerprint density at radius 3 is 2.75 bits per heavy atom. The van der Waals surface area contributed by atoms with Gasteiger partial charge in [-0.2, -0.15) is 0 Å². The van der Waals surface area contributed by atoms with Crippen LogP contribution < -0.4 is 16.0 Å². The molecule has 0 radical (unpaired) electrons. The summed E-state index contributed by atoms with van der Waals surface area (Å²) in [5.74, 6) is -0.557. The number of hydrogen-bond donors (Lipinski definition) is 3. The number of aromatic nitrogens is 1. The maximum atomic E-state index is 12.9. The van der Waals surface area contributed by atoms with E-state index in [9.17, 15) is 9.59 Å². The Morgan fingerprint density at radius 1 is 1.04 bits per heavy atom. The van der Waals surface area contributed by atoms with Crippen LogP contribution in [0.2, 0.25) is 0 Å². The molecule has 0 aliphatic carbocycles. The van der Waals surface area contributed by atoms with Crippen molar-refractivity contribution >= 4 is 28.3 Å². The molecule has 142 valence electrons. The van der Waals surface area contributed by atoms with Gasteiger partial charge >= 0.3 is 0 Å². The lowest BCUT2D eigenvalue weighted by Crippen LogP contribution is -2.37. The summed E-state index contributed by atoms with van der Waals surface area (Å²) in [6.45, 7) is 1.53. The number of hydrogen-bond acceptors (Lipinski definition) is 4. The molecule has 3 aromatic rings. The maximum absolute atomic E-state index is 12.9. The highest BCUT2D eigenvalue weighted by atomic mass is 16.2. The number of nitrogens with one attached hydrogen (secondary N) is 3. The molecule has 1 aliphatic rings. The van der Waals surface area contributed by atoms with E-state index in [1.54, 1.807) is 24.4 Å². The van der Waals surface area contributed by atoms with Crippen LogP contribution in [0.5, 0.6) is 0 Å². The number of carbonyl (C=O) groups excluding carboxylic acids is 2. The van der Waals surface area contributed by atoms with Gasteiger partial charge < -0.3 is 16.0 Å². The third-order valence-electron chi connectivity index (χ3n) is 4.98. The number of amides is 2. The standard InChI is InChI=1S/C22H22N4O2/c27-21(18-10-3-7-15-6-1-2-9-17(15)18)26-19-11-5-13-24-20(19)22(28)25-14-16-8-4-12-23-16/h1-3,5-7,9-11,13,16,23H,4,8,12,14H2,(H,25,28)(H,26,27). The highest BCUT2D eigenvalue weighted by Crippen LogP contribution is 2.21. The van der Waals surface area contributed by atoms with Gasteiger partial charge in [-0.15, -0.1) is 0 Å². The summed E-state index contributed by atoms with van der Waals surface area (Å²) in [5, 5.41) is 11.0. The van der Waals surface area contributed by atoms with Crippen molar-refractivity contribution < 1.29 is 9.59 Å². The minimum Gasteiger partial charge on any atom is -0.349 e. The van der Waals surface area contributed by atoms with E-state index in [4.69, 9.17) is 0 Å². The lowest BCUT2D eigenvalue weighted by molar-refractivity contribution is 0.0946. The molecule has 0 spiro atoms. The van der Waals surface area contributed by atoms with Crippen LogP contribution in [0.25, 0.3) is 10.8 Å². The molecule has 0 bridgehead atoms. The first kappa shape index (κ1) is 18.1. The predicted octanol–water partition coefficient (Wildman–Crippen LogP) is 2.97. The van der Waals surface area contributed by atoms with Crippen LogP contribution in [0.15, 0.2) is 60.8 Å². The molecule has 4 rings (SSSR count). The molecular formula is C22H22N4O2. The normalized spacial score (nSPS) is 16.1. The largest absolute Gasteiger partial charge is 0.349 e. The van der Waals surface area contributed by atoms with Crippen LogP contribution in [0.3, 0.4) is 0 Å². The minimum atomic E-state index is -0.289. The summed E-state index contributed by atoms with van der Waals surface area (Å²) in [5.41, 5.74) is 1.18. The SMILES string of the molecule is O=C(NCC1CCCN1)c1ncccc1NC(=O)c1cccc2ccccc12. The van der Waals surface area contributed by atoms with E-state index in [2.05, 4.69) is 20.9 Å². The Balaban J connectivity index is 1.53. The van der Waals surface area contributed by atoms with Gasteiger partial charge in [-0.3, -0.25) is 9.59 Å². The topological polar surface area (TPSA) is 83.1 Å². The van der Waals surface area contributed by atoms with Crippen molar-refractivity contribution in [2.75, 3.05) is 18.4 Å². The molecule has 1 aromatic heterocycles. The van der Waals surface area contributed by atoms with Crippen LogP contribution in [-0.2, 0) is 0 Å². The Labute approximate surface area is 163 Å². The maximum Gasteiger partial charge on any atom is 0.272 e. The first-order chi connectivity index (χ1) is 13.7. The highest BCUT2D eigenvalue weighted by molar-refractivity contribution is 6.14. The van der Waals surface area contributed by atoms with Crippen molar-refractivity contribution in [1.82, 2.24) is 15.6 Å². The molecule has 1 aliphatic heterocycles. The zero-order valence-corrected chi connectivity index (χ0v) is 15.4. The average Bonchev–Trinajstić information content (AvgIpc) is 3.25. The van der Waals surface area contributed by atoms with Crippen molar-refractivity contribution in [2.24, 2.45) is 0 Å². The fraction of sp³-hybridized carbons (Fsp3) is 0.227. The lowest BCUT2D eigenvalue weighted by Gasteiger charge is -2.14. The van der Waals surface area contributed by atoms with Crippen LogP contribution in [0.1, 0.15) is 33.7 Å². The van der Waals surface area contributed by atoms with Gasteiger partial charge in [-0.25, -0.2) is 4.98 Å². The van der Waals surface area contributed by atoms with E-state index >= 15 is 0 Å². The first-order valence-electron chi connectivity index (χ1n) is 9.48. The third-order valence-corrected chi connectivity index (χ3v) is 4.98. The van der Waals surface area contributed by atoms with Crippen LogP contribution in [0, 0.1) is 0 Å². The number of pyridine rings is 1. The van der Waals surface area contributed by atoms with Crippen molar-refractivity contribution in [3.05, 3.63) is 72.1 Å². The molecule has 3 N–H and O–H groups in total. The smallest absolute Gasteiger partial charge is 0.272 e. The van der Waals surface area contributed by atoms with Crippen LogP contribution >= 0.6 is 0 Å². The van der Waals surface area contributed by atoms with E-state index in [1.807, 2.05) is 36.4 Å². The summed E-state index contributed by atoms with van der Waals surface area (Å²) in [7, 11) is 0. The second-order valence-electron chi connectivity index (χ2n) is 6.88. The zero-order valence-electron chi connectivity index (χ0n) is 15.4. The summed E-state index contributed by atoms with van der Waals surface area (Å²) in [4.78, 5) is 29.7. The molecule has 1 atom stereocenters. The van der Waals surface area contributed by atoms with Crippen molar-refractivity contribution in [2.45, 2.75) is 18.9 Å². The van der Waals surface area contributed by atoms with E-state index in [0.29, 0.717) is 23.8 Å². The minimum absolute atomic E-state index is 0.217. The summed E-state index contributed by atoms with van der Waals surface area (Å²) >= 11 is 0. The van der Waals surface area contributed by atoms with E-state index < -0.39 is 0 Å². The molecule has 2 heterocycles. The molecule has 1 saturated heterocycles. The van der Waals surface area contributed by atoms with Crippen LogP contribution in [0.4, 0.5) is 5.69 Å². The molecule has 1 fully saturated rings. The van der Waals surface area contributed by atoms with Gasteiger partial charge in [-0.1, -0.05) is 36.4 Å². The van der Waals surface area contributed by atoms with Crippen molar-refractivity contribution in [3.8, 4) is 0 Å². The van der Waals surface area contributed by atoms with E-state index in [-0.39, 0.29) is 17.5 Å². The number of rotatable bonds is 5. The van der Waals surface area contributed by atoms with Gasteiger partial charge in [0, 0.05) is 24.3 Å². The number of fused-ring (bicyclic) bond motifs is 1. The molecule has 6 heteroatoms. The molecule has 1 unspecified atom stereocenters. The summed E-state index contributed by atoms with van der Waals surface area (Å²) in [6, 6.07) is 17.0. The summed E-state index contributed by atoms with van der Waals surface area (Å²) < 4.78 is 0. The van der Waals surface area contributed by atoms with Crippen molar-refractivity contribution in [1.29, 1.82) is 0 Å². The van der Waals surface area contributed by atoms with Crippen molar-refractivity contribution in [3.63, 3.8) is 0 Å². The number of carbonyl (C=O) groups is 2. The number of anilines is 1. The zero-order chi connectivity index (χ0) is 19.3. The average molecular weight is 374 g/mol. The van der Waals surface area contributed by atoms with Gasteiger partial charge in [0.1, 0.15) is 0 Å². The molecule has 6 nitrogen and oxygen atoms in total. The van der Waals surface area contributed by atoms with Gasteiger partial charge in [-0.05, 0) is 48.4 Å². The third kappa shape index (κ3) is 3.87. The first-order valence-corrected chi connectivity index (χ1v) is 9.48. The van der Waals surface area contributed by atoms with E-state index in [1.165, 1.54) is 0 Å². The molecule has 0 saturated carbocycles. The molecule has 2 amide bonds. The van der Waals surface area contributed by atoms with Gasteiger partial charge in [0.2, 0.25) is 0 Å². The predicted molar refractivity (Wildman–Crippen MR) is 109 cm³/mol. The molecule has 28 heavy (non-hydrogen) atoms. The quantitative estimate of drug-likeness (QED) is 0.641. The van der Waals surface area contributed by atoms with E-state index in [0.717, 1.165) is 30.2 Å². The number of benzene rings is 2. The van der Waals surface area contributed by atoms with Crippen LogP contribution in [-0.4, -0.2) is 35.9 Å². The highest BCUT2D eigenvalue weighted by Gasteiger charge is 2.19. The second-order valence-corrected chi connectivity index (χ2v) is 6.88. The Hall–Kier alpha value is -3.25. The lowest BCUT2D eigenvalue weighted by atomic mass is 10.0. The Kier molecular flexibility index (Phi) is 5.30.